The molecule has 1 unspecified atom stereocenters. The van der Waals surface area contributed by atoms with Gasteiger partial charge in [0.2, 0.25) is 5.91 Å². The molecule has 0 fully saturated rings. The van der Waals surface area contributed by atoms with Gasteiger partial charge in [-0.1, -0.05) is 35.3 Å². The van der Waals surface area contributed by atoms with Crippen LogP contribution in [0.1, 0.15) is 37.5 Å². The van der Waals surface area contributed by atoms with Crippen molar-refractivity contribution in [3.63, 3.8) is 0 Å². The number of carboxylic acid groups (broad SMARTS) is 1. The quantitative estimate of drug-likeness (QED) is 0.460. The Balaban J connectivity index is 2.13. The Morgan fingerprint density at radius 2 is 1.78 bits per heavy atom. The Kier molecular flexibility index (Phi) is 9.57. The van der Waals surface area contributed by atoms with Crippen molar-refractivity contribution in [2.24, 2.45) is 0 Å². The number of hydrogen-bond acceptors (Lipinski definition) is 4. The molecule has 2 N–H and O–H groups in total. The predicted molar refractivity (Wildman–Crippen MR) is 126 cm³/mol. The molecule has 32 heavy (non-hydrogen) atoms. The summed E-state index contributed by atoms with van der Waals surface area (Å²) in [7, 11) is 1.54. The number of aliphatic carboxylic acids is 1. The van der Waals surface area contributed by atoms with Gasteiger partial charge in [-0.2, -0.15) is 0 Å². The Labute approximate surface area is 198 Å². The highest BCUT2D eigenvalue weighted by Gasteiger charge is 2.21. The topological polar surface area (TPSA) is 84.9 Å². The Bertz CT molecular complexity index is 984. The SMILES string of the molecule is COc1ccc(CC(OC(C)C)C(=O)O)cc1CNC(=O)C(C)=Cc1cc(Cl)cc(Cl)c1. The van der Waals surface area contributed by atoms with Crippen LogP contribution in [0.4, 0.5) is 0 Å². The van der Waals surface area contributed by atoms with Gasteiger partial charge in [0.1, 0.15) is 5.75 Å². The molecular weight excluding hydrogens is 453 g/mol. The lowest BCUT2D eigenvalue weighted by molar-refractivity contribution is -0.153. The zero-order valence-corrected chi connectivity index (χ0v) is 20.0. The molecule has 0 aliphatic rings. The normalized spacial score (nSPS) is 12.5. The van der Waals surface area contributed by atoms with Crippen LogP contribution < -0.4 is 10.1 Å². The van der Waals surface area contributed by atoms with E-state index in [1.807, 2.05) is 6.07 Å². The Hall–Kier alpha value is -2.54. The number of hydrogen-bond donors (Lipinski definition) is 2. The fourth-order valence-electron chi connectivity index (χ4n) is 3.12. The van der Waals surface area contributed by atoms with Gasteiger partial charge in [0.15, 0.2) is 6.10 Å². The van der Waals surface area contributed by atoms with E-state index in [2.05, 4.69) is 5.32 Å². The van der Waals surface area contributed by atoms with Crippen LogP contribution in [0.25, 0.3) is 6.08 Å². The van der Waals surface area contributed by atoms with Gasteiger partial charge in [-0.15, -0.1) is 0 Å². The number of ether oxygens (including phenoxy) is 2. The molecule has 0 spiro atoms. The van der Waals surface area contributed by atoms with Gasteiger partial charge in [-0.25, -0.2) is 4.79 Å². The maximum absolute atomic E-state index is 12.6. The van der Waals surface area contributed by atoms with E-state index in [1.54, 1.807) is 57.2 Å². The first-order chi connectivity index (χ1) is 15.1. The summed E-state index contributed by atoms with van der Waals surface area (Å²) in [5.74, 6) is -0.694. The van der Waals surface area contributed by atoms with E-state index in [9.17, 15) is 14.7 Å². The van der Waals surface area contributed by atoms with E-state index in [0.717, 1.165) is 16.7 Å². The lowest BCUT2D eigenvalue weighted by Gasteiger charge is -2.18. The molecule has 0 heterocycles. The highest BCUT2D eigenvalue weighted by molar-refractivity contribution is 6.34. The smallest absolute Gasteiger partial charge is 0.333 e. The minimum Gasteiger partial charge on any atom is -0.496 e. The standard InChI is InChI=1S/C24H27Cl2NO5/c1-14(2)32-22(24(29)30)11-16-5-6-21(31-4)18(8-16)13-27-23(28)15(3)7-17-9-19(25)12-20(26)10-17/h5-10,12,14,22H,11,13H2,1-4H3,(H,27,28)(H,29,30). The molecule has 0 bridgehead atoms. The van der Waals surface area contributed by atoms with E-state index in [4.69, 9.17) is 32.7 Å². The summed E-state index contributed by atoms with van der Waals surface area (Å²) < 4.78 is 10.9. The van der Waals surface area contributed by atoms with Crippen molar-refractivity contribution in [3.8, 4) is 5.75 Å². The summed E-state index contributed by atoms with van der Waals surface area (Å²) in [5, 5.41) is 13.2. The van der Waals surface area contributed by atoms with Crippen molar-refractivity contribution in [2.75, 3.05) is 7.11 Å². The maximum atomic E-state index is 12.6. The molecule has 0 saturated carbocycles. The van der Waals surface area contributed by atoms with Crippen LogP contribution in [0.5, 0.6) is 5.75 Å². The van der Waals surface area contributed by atoms with Gasteiger partial charge >= 0.3 is 5.97 Å². The molecule has 2 rings (SSSR count). The summed E-state index contributed by atoms with van der Waals surface area (Å²) in [6.45, 7) is 5.48. The number of amides is 1. The van der Waals surface area contributed by atoms with Gasteiger partial charge < -0.3 is 19.9 Å². The molecule has 0 saturated heterocycles. The fraction of sp³-hybridized carbons (Fsp3) is 0.333. The molecule has 0 radical (unpaired) electrons. The molecule has 172 valence electrons. The Morgan fingerprint density at radius 1 is 1.12 bits per heavy atom. The largest absolute Gasteiger partial charge is 0.496 e. The minimum atomic E-state index is -1.02. The zero-order valence-electron chi connectivity index (χ0n) is 18.4. The van der Waals surface area contributed by atoms with E-state index in [-0.39, 0.29) is 25.0 Å². The van der Waals surface area contributed by atoms with Crippen LogP contribution in [0.3, 0.4) is 0 Å². The van der Waals surface area contributed by atoms with Crippen molar-refractivity contribution >= 4 is 41.2 Å². The highest BCUT2D eigenvalue weighted by atomic mass is 35.5. The summed E-state index contributed by atoms with van der Waals surface area (Å²) in [5.41, 5.74) is 2.70. The van der Waals surface area contributed by atoms with Gasteiger partial charge in [-0.05, 0) is 62.2 Å². The molecule has 0 aliphatic heterocycles. The van der Waals surface area contributed by atoms with Crippen LogP contribution >= 0.6 is 23.2 Å². The molecule has 1 atom stereocenters. The second kappa shape index (κ2) is 11.9. The summed E-state index contributed by atoms with van der Waals surface area (Å²) in [6, 6.07) is 10.4. The number of halogens is 2. The van der Waals surface area contributed by atoms with Crippen molar-refractivity contribution in [1.29, 1.82) is 0 Å². The third-order valence-corrected chi connectivity index (χ3v) is 4.98. The fourth-order valence-corrected chi connectivity index (χ4v) is 3.67. The average molecular weight is 480 g/mol. The van der Waals surface area contributed by atoms with Gasteiger partial charge in [0.05, 0.1) is 13.2 Å². The summed E-state index contributed by atoms with van der Waals surface area (Å²) in [4.78, 5) is 24.1. The molecule has 1 amide bonds. The van der Waals surface area contributed by atoms with Crippen LogP contribution in [-0.4, -0.2) is 36.3 Å². The molecule has 0 aromatic heterocycles. The number of carboxylic acids is 1. The number of rotatable bonds is 10. The molecular formula is C24H27Cl2NO5. The van der Waals surface area contributed by atoms with E-state index in [0.29, 0.717) is 21.4 Å². The second-order valence-electron chi connectivity index (χ2n) is 7.57. The molecule has 8 heteroatoms. The first-order valence-corrected chi connectivity index (χ1v) is 10.8. The predicted octanol–water partition coefficient (Wildman–Crippen LogP) is 5.14. The third kappa shape index (κ3) is 7.86. The molecule has 2 aromatic rings. The van der Waals surface area contributed by atoms with E-state index < -0.39 is 12.1 Å². The first-order valence-electron chi connectivity index (χ1n) is 10.1. The van der Waals surface area contributed by atoms with Crippen LogP contribution in [0.15, 0.2) is 42.0 Å². The highest BCUT2D eigenvalue weighted by Crippen LogP contribution is 2.23. The number of carbonyl (C=O) groups excluding carboxylic acids is 1. The maximum Gasteiger partial charge on any atom is 0.333 e. The second-order valence-corrected chi connectivity index (χ2v) is 8.45. The number of methoxy groups -OCH3 is 1. The molecule has 2 aromatic carbocycles. The molecule has 0 aliphatic carbocycles. The van der Waals surface area contributed by atoms with E-state index in [1.165, 1.54) is 7.11 Å². The average Bonchev–Trinajstić information content (AvgIpc) is 2.70. The third-order valence-electron chi connectivity index (χ3n) is 4.54. The van der Waals surface area contributed by atoms with Gasteiger partial charge in [-0.3, -0.25) is 4.79 Å². The van der Waals surface area contributed by atoms with Crippen molar-refractivity contribution in [1.82, 2.24) is 5.32 Å². The van der Waals surface area contributed by atoms with Crippen molar-refractivity contribution in [3.05, 3.63) is 68.7 Å². The Morgan fingerprint density at radius 3 is 2.34 bits per heavy atom. The van der Waals surface area contributed by atoms with Gasteiger partial charge in [0.25, 0.3) is 0 Å². The van der Waals surface area contributed by atoms with Crippen molar-refractivity contribution < 1.29 is 24.2 Å². The minimum absolute atomic E-state index is 0.201. The van der Waals surface area contributed by atoms with E-state index >= 15 is 0 Å². The monoisotopic (exact) mass is 479 g/mol. The van der Waals surface area contributed by atoms with Crippen LogP contribution in [0, 0.1) is 0 Å². The van der Waals surface area contributed by atoms with Crippen molar-refractivity contribution in [2.45, 2.75) is 45.9 Å². The van der Waals surface area contributed by atoms with Gasteiger partial charge in [0, 0.05) is 34.1 Å². The zero-order chi connectivity index (χ0) is 23.8. The van der Waals surface area contributed by atoms with Crippen LogP contribution in [-0.2, 0) is 27.3 Å². The molecule has 6 nitrogen and oxygen atoms in total. The lowest BCUT2D eigenvalue weighted by Crippen LogP contribution is -2.29. The lowest BCUT2D eigenvalue weighted by atomic mass is 10.0. The first kappa shape index (κ1) is 25.7. The van der Waals surface area contributed by atoms with Crippen LogP contribution in [0.2, 0.25) is 10.0 Å². The summed E-state index contributed by atoms with van der Waals surface area (Å²) in [6.07, 6.45) is 0.728. The number of benzene rings is 2. The summed E-state index contributed by atoms with van der Waals surface area (Å²) >= 11 is 12.0. The number of carbonyl (C=O) groups is 2. The number of nitrogens with one attached hydrogen (secondary N) is 1.